The first-order valence-corrected chi connectivity index (χ1v) is 29.1. The Labute approximate surface area is 416 Å². The normalized spacial score (nSPS) is 12.3. The van der Waals surface area contributed by atoms with Gasteiger partial charge in [-0.3, -0.25) is 14.4 Å². The summed E-state index contributed by atoms with van der Waals surface area (Å²) < 4.78 is 16.8. The molecule has 0 spiro atoms. The summed E-state index contributed by atoms with van der Waals surface area (Å²) >= 11 is 0. The minimum atomic E-state index is -0.774. The van der Waals surface area contributed by atoms with Crippen molar-refractivity contribution in [3.63, 3.8) is 0 Å². The fraction of sp³-hybridized carbons (Fsp3) is 0.820. The molecule has 6 heteroatoms. The van der Waals surface area contributed by atoms with E-state index in [1.807, 2.05) is 0 Å². The molecule has 0 aromatic rings. The highest BCUT2D eigenvalue weighted by molar-refractivity contribution is 5.71. The Kier molecular flexibility index (Phi) is 53.8. The third-order valence-electron chi connectivity index (χ3n) is 12.8. The first kappa shape index (κ1) is 64.4. The van der Waals surface area contributed by atoms with Gasteiger partial charge in [-0.05, 0) is 83.5 Å². The maximum absolute atomic E-state index is 12.8. The Morgan fingerprint density at radius 1 is 0.299 bits per heavy atom. The van der Waals surface area contributed by atoms with Crippen LogP contribution in [0.5, 0.6) is 0 Å². The van der Waals surface area contributed by atoms with Gasteiger partial charge in [0.15, 0.2) is 6.10 Å². The number of carbonyl (C=O) groups excluding carboxylic acids is 3. The van der Waals surface area contributed by atoms with Gasteiger partial charge in [0.05, 0.1) is 0 Å². The van der Waals surface area contributed by atoms with Gasteiger partial charge in [0, 0.05) is 19.3 Å². The van der Waals surface area contributed by atoms with Crippen LogP contribution >= 0.6 is 0 Å². The molecule has 0 aliphatic rings. The molecular weight excluding hydrogens is 829 g/mol. The summed E-state index contributed by atoms with van der Waals surface area (Å²) in [6.07, 6.45) is 68.4. The van der Waals surface area contributed by atoms with Crippen LogP contribution in [0.1, 0.15) is 303 Å². The number of carbonyl (C=O) groups is 3. The lowest BCUT2D eigenvalue weighted by Gasteiger charge is -2.18. The van der Waals surface area contributed by atoms with Gasteiger partial charge in [0.1, 0.15) is 13.2 Å². The molecular formula is C61H110O6. The molecule has 6 nitrogen and oxygen atoms in total. The molecule has 0 fully saturated rings. The van der Waals surface area contributed by atoms with Crippen LogP contribution in [0.15, 0.2) is 48.6 Å². The fourth-order valence-electron chi connectivity index (χ4n) is 8.39. The minimum absolute atomic E-state index is 0.0744. The van der Waals surface area contributed by atoms with Crippen LogP contribution in [-0.4, -0.2) is 37.2 Å². The van der Waals surface area contributed by atoms with E-state index >= 15 is 0 Å². The summed E-state index contributed by atoms with van der Waals surface area (Å²) in [5.74, 6) is -0.878. The molecule has 0 aromatic heterocycles. The van der Waals surface area contributed by atoms with E-state index in [-0.39, 0.29) is 31.1 Å². The van der Waals surface area contributed by atoms with Crippen molar-refractivity contribution in [1.29, 1.82) is 0 Å². The van der Waals surface area contributed by atoms with Crippen molar-refractivity contribution in [2.75, 3.05) is 13.2 Å². The zero-order chi connectivity index (χ0) is 48.6. The van der Waals surface area contributed by atoms with E-state index in [0.717, 1.165) is 77.0 Å². The molecule has 0 saturated carbocycles. The predicted octanol–water partition coefficient (Wildman–Crippen LogP) is 19.4. The molecule has 0 radical (unpaired) electrons. The Bertz CT molecular complexity index is 1170. The van der Waals surface area contributed by atoms with Crippen LogP contribution in [0.3, 0.4) is 0 Å². The third-order valence-corrected chi connectivity index (χ3v) is 12.8. The first-order chi connectivity index (χ1) is 33.0. The molecule has 390 valence electrons. The minimum Gasteiger partial charge on any atom is -0.462 e. The molecule has 0 bridgehead atoms. The number of allylic oxidation sites excluding steroid dienone is 8. The van der Waals surface area contributed by atoms with Gasteiger partial charge in [0.2, 0.25) is 0 Å². The summed E-state index contributed by atoms with van der Waals surface area (Å²) in [6, 6.07) is 0. The Balaban J connectivity index is 4.13. The van der Waals surface area contributed by atoms with Crippen LogP contribution in [0.25, 0.3) is 0 Å². The van der Waals surface area contributed by atoms with E-state index in [4.69, 9.17) is 14.2 Å². The van der Waals surface area contributed by atoms with Crippen molar-refractivity contribution < 1.29 is 28.6 Å². The van der Waals surface area contributed by atoms with Crippen molar-refractivity contribution in [1.82, 2.24) is 0 Å². The molecule has 0 rings (SSSR count). The van der Waals surface area contributed by atoms with E-state index in [1.165, 1.54) is 186 Å². The fourth-order valence-corrected chi connectivity index (χ4v) is 8.39. The van der Waals surface area contributed by atoms with Crippen molar-refractivity contribution in [3.05, 3.63) is 48.6 Å². The molecule has 0 aliphatic heterocycles. The van der Waals surface area contributed by atoms with Crippen molar-refractivity contribution >= 4 is 17.9 Å². The first-order valence-electron chi connectivity index (χ1n) is 29.1. The van der Waals surface area contributed by atoms with Crippen LogP contribution in [0.2, 0.25) is 0 Å². The summed E-state index contributed by atoms with van der Waals surface area (Å²) in [5, 5.41) is 0. The van der Waals surface area contributed by atoms with Gasteiger partial charge in [-0.15, -0.1) is 0 Å². The molecule has 0 aliphatic carbocycles. The van der Waals surface area contributed by atoms with Gasteiger partial charge in [-0.1, -0.05) is 249 Å². The molecule has 67 heavy (non-hydrogen) atoms. The van der Waals surface area contributed by atoms with E-state index < -0.39 is 6.10 Å². The van der Waals surface area contributed by atoms with Crippen LogP contribution in [0, 0.1) is 0 Å². The van der Waals surface area contributed by atoms with Crippen LogP contribution in [0.4, 0.5) is 0 Å². The lowest BCUT2D eigenvalue weighted by atomic mass is 10.0. The molecule has 0 heterocycles. The van der Waals surface area contributed by atoms with Gasteiger partial charge in [-0.25, -0.2) is 0 Å². The van der Waals surface area contributed by atoms with E-state index in [2.05, 4.69) is 69.4 Å². The Morgan fingerprint density at radius 3 is 0.851 bits per heavy atom. The van der Waals surface area contributed by atoms with Gasteiger partial charge >= 0.3 is 17.9 Å². The smallest absolute Gasteiger partial charge is 0.306 e. The number of unbranched alkanes of at least 4 members (excludes halogenated alkanes) is 34. The highest BCUT2D eigenvalue weighted by Crippen LogP contribution is 2.16. The Morgan fingerprint density at radius 2 is 0.537 bits per heavy atom. The molecule has 0 saturated heterocycles. The lowest BCUT2D eigenvalue weighted by molar-refractivity contribution is -0.167. The highest BCUT2D eigenvalue weighted by Gasteiger charge is 2.19. The summed E-state index contributed by atoms with van der Waals surface area (Å²) in [4.78, 5) is 37.9. The predicted molar refractivity (Wildman–Crippen MR) is 289 cm³/mol. The zero-order valence-electron chi connectivity index (χ0n) is 44.7. The number of esters is 3. The van der Waals surface area contributed by atoms with Crippen LogP contribution in [-0.2, 0) is 28.6 Å². The standard InChI is InChI=1S/C61H110O6/c1-4-7-10-13-16-19-21-23-25-26-27-28-29-30-31-32-33-34-35-36-37-39-40-42-45-48-51-54-60(63)66-57-58(56-65-59(62)53-50-47-44-18-15-12-9-6-3)67-61(64)55-52-49-46-43-41-38-24-22-20-17-14-11-8-5-2/h21-24,26-27,29-30,58H,4-20,25,28,31-57H2,1-3H3/b23-21-,24-22-,27-26-,30-29-. The average Bonchev–Trinajstić information content (AvgIpc) is 3.33. The maximum atomic E-state index is 12.8. The number of ether oxygens (including phenoxy) is 3. The van der Waals surface area contributed by atoms with Crippen molar-refractivity contribution in [2.24, 2.45) is 0 Å². The average molecular weight is 940 g/mol. The summed E-state index contributed by atoms with van der Waals surface area (Å²) in [6.45, 7) is 6.60. The largest absolute Gasteiger partial charge is 0.462 e. The lowest BCUT2D eigenvalue weighted by Crippen LogP contribution is -2.30. The molecule has 0 amide bonds. The molecule has 1 unspecified atom stereocenters. The van der Waals surface area contributed by atoms with Crippen molar-refractivity contribution in [2.45, 2.75) is 309 Å². The molecule has 1 atom stereocenters. The van der Waals surface area contributed by atoms with Crippen molar-refractivity contribution in [3.8, 4) is 0 Å². The summed E-state index contributed by atoms with van der Waals surface area (Å²) in [7, 11) is 0. The molecule has 0 N–H and O–H groups in total. The second-order valence-corrected chi connectivity index (χ2v) is 19.6. The van der Waals surface area contributed by atoms with Gasteiger partial charge < -0.3 is 14.2 Å². The zero-order valence-corrected chi connectivity index (χ0v) is 44.7. The van der Waals surface area contributed by atoms with E-state index in [0.29, 0.717) is 19.3 Å². The van der Waals surface area contributed by atoms with E-state index in [9.17, 15) is 14.4 Å². The monoisotopic (exact) mass is 939 g/mol. The quantitative estimate of drug-likeness (QED) is 0.0262. The third kappa shape index (κ3) is 54.2. The topological polar surface area (TPSA) is 78.9 Å². The second kappa shape index (κ2) is 56.0. The number of hydrogen-bond acceptors (Lipinski definition) is 6. The number of hydrogen-bond donors (Lipinski definition) is 0. The van der Waals surface area contributed by atoms with E-state index in [1.54, 1.807) is 0 Å². The van der Waals surface area contributed by atoms with Gasteiger partial charge in [0.25, 0.3) is 0 Å². The van der Waals surface area contributed by atoms with Crippen LogP contribution < -0.4 is 0 Å². The SMILES string of the molecule is CCCCCCC/C=C\C/C=C\C/C=C\CCCCCCCCCCCCCCC(=O)OCC(COC(=O)CCCCCCCCCC)OC(=O)CCCCCCC/C=C\CCCCCCC. The maximum Gasteiger partial charge on any atom is 0.306 e. The number of rotatable bonds is 53. The molecule has 0 aromatic carbocycles. The Hall–Kier alpha value is -2.63. The second-order valence-electron chi connectivity index (χ2n) is 19.6. The van der Waals surface area contributed by atoms with Gasteiger partial charge in [-0.2, -0.15) is 0 Å². The summed E-state index contributed by atoms with van der Waals surface area (Å²) in [5.41, 5.74) is 0. The highest BCUT2D eigenvalue weighted by atomic mass is 16.6.